The molecule has 25 heavy (non-hydrogen) atoms. The van der Waals surface area contributed by atoms with Crippen LogP contribution in [0, 0.1) is 10.1 Å². The summed E-state index contributed by atoms with van der Waals surface area (Å²) in [7, 11) is 1.67. The number of rotatable bonds is 7. The molecular formula is C17H23N5O3. The quantitative estimate of drug-likeness (QED) is 0.564. The Bertz CT molecular complexity index is 693. The molecule has 3 rings (SSSR count). The van der Waals surface area contributed by atoms with Crippen LogP contribution in [-0.4, -0.2) is 59.2 Å². The second-order valence-corrected chi connectivity index (χ2v) is 6.06. The molecule has 0 N–H and O–H groups in total. The Labute approximate surface area is 146 Å². The van der Waals surface area contributed by atoms with Gasteiger partial charge in [-0.15, -0.1) is 0 Å². The second kappa shape index (κ2) is 7.98. The molecule has 0 spiro atoms. The van der Waals surface area contributed by atoms with Crippen molar-refractivity contribution in [1.82, 2.24) is 14.5 Å². The topological polar surface area (TPSA) is 76.7 Å². The predicted octanol–water partition coefficient (Wildman–Crippen LogP) is 2.01. The van der Waals surface area contributed by atoms with Crippen molar-refractivity contribution in [3.05, 3.63) is 46.8 Å². The summed E-state index contributed by atoms with van der Waals surface area (Å²) in [5, 5.41) is 10.9. The fraction of sp³-hybridized carbons (Fsp3) is 0.471. The molecule has 8 heteroatoms. The standard InChI is InChI=1S/C17H23N5O3/c1-25-16-5-3-15(4-6-16)20-13-11-19(12-14-20)8-2-9-21-10-7-18-17(21)22(23)24/h3-7,10H,2,8-9,11-14H2,1H3. The molecule has 0 aliphatic carbocycles. The van der Waals surface area contributed by atoms with E-state index in [1.165, 1.54) is 11.9 Å². The summed E-state index contributed by atoms with van der Waals surface area (Å²) in [6.45, 7) is 5.52. The molecule has 1 fully saturated rings. The number of imidazole rings is 1. The van der Waals surface area contributed by atoms with Crippen LogP contribution in [0.25, 0.3) is 0 Å². The van der Waals surface area contributed by atoms with E-state index >= 15 is 0 Å². The zero-order chi connectivity index (χ0) is 17.6. The molecule has 1 aromatic heterocycles. The van der Waals surface area contributed by atoms with E-state index in [1.807, 2.05) is 12.1 Å². The number of benzene rings is 1. The molecule has 1 saturated heterocycles. The number of ether oxygens (including phenoxy) is 1. The number of methoxy groups -OCH3 is 1. The Morgan fingerprint density at radius 1 is 1.16 bits per heavy atom. The summed E-state index contributed by atoms with van der Waals surface area (Å²) in [6, 6.07) is 8.15. The number of anilines is 1. The predicted molar refractivity (Wildman–Crippen MR) is 95.1 cm³/mol. The van der Waals surface area contributed by atoms with Crippen LogP contribution in [0.5, 0.6) is 5.75 Å². The number of nitro groups is 1. The van der Waals surface area contributed by atoms with Crippen molar-refractivity contribution in [2.45, 2.75) is 13.0 Å². The maximum atomic E-state index is 10.9. The fourth-order valence-corrected chi connectivity index (χ4v) is 3.14. The highest BCUT2D eigenvalue weighted by Crippen LogP contribution is 2.20. The van der Waals surface area contributed by atoms with Gasteiger partial charge in [0, 0.05) is 38.4 Å². The number of hydrogen-bond donors (Lipinski definition) is 0. The van der Waals surface area contributed by atoms with Gasteiger partial charge in [0.05, 0.1) is 13.7 Å². The molecule has 0 saturated carbocycles. The molecule has 2 aromatic rings. The lowest BCUT2D eigenvalue weighted by Gasteiger charge is -2.36. The van der Waals surface area contributed by atoms with Gasteiger partial charge in [0.25, 0.3) is 0 Å². The van der Waals surface area contributed by atoms with E-state index in [0.717, 1.165) is 44.9 Å². The Hall–Kier alpha value is -2.61. The summed E-state index contributed by atoms with van der Waals surface area (Å²) in [5.41, 5.74) is 1.22. The molecule has 0 unspecified atom stereocenters. The van der Waals surface area contributed by atoms with Crippen molar-refractivity contribution in [2.24, 2.45) is 0 Å². The van der Waals surface area contributed by atoms with Crippen LogP contribution in [0.3, 0.4) is 0 Å². The largest absolute Gasteiger partial charge is 0.497 e. The first-order valence-electron chi connectivity index (χ1n) is 8.44. The fourth-order valence-electron chi connectivity index (χ4n) is 3.14. The van der Waals surface area contributed by atoms with E-state index in [2.05, 4.69) is 26.9 Å². The lowest BCUT2D eigenvalue weighted by Crippen LogP contribution is -2.46. The summed E-state index contributed by atoms with van der Waals surface area (Å²) < 4.78 is 6.80. The highest BCUT2D eigenvalue weighted by Gasteiger charge is 2.18. The van der Waals surface area contributed by atoms with Crippen LogP contribution in [-0.2, 0) is 6.54 Å². The normalized spacial score (nSPS) is 15.3. The molecule has 0 radical (unpaired) electrons. The maximum absolute atomic E-state index is 10.9. The summed E-state index contributed by atoms with van der Waals surface area (Å²) in [4.78, 5) is 19.0. The SMILES string of the molecule is COc1ccc(N2CCN(CCCn3ccnc3[N+](=O)[O-])CC2)cc1. The van der Waals surface area contributed by atoms with Gasteiger partial charge in [0.15, 0.2) is 0 Å². The molecule has 1 aromatic carbocycles. The van der Waals surface area contributed by atoms with Crippen molar-refractivity contribution in [2.75, 3.05) is 44.7 Å². The number of aryl methyl sites for hydroxylation is 1. The van der Waals surface area contributed by atoms with Crippen LogP contribution in [0.1, 0.15) is 6.42 Å². The zero-order valence-corrected chi connectivity index (χ0v) is 14.4. The minimum atomic E-state index is -0.437. The average molecular weight is 345 g/mol. The molecule has 2 heterocycles. The Balaban J connectivity index is 1.43. The van der Waals surface area contributed by atoms with Crippen LogP contribution in [0.4, 0.5) is 11.6 Å². The first-order chi connectivity index (χ1) is 12.2. The molecule has 8 nitrogen and oxygen atoms in total. The van der Waals surface area contributed by atoms with Gasteiger partial charge in [-0.3, -0.25) is 4.90 Å². The summed E-state index contributed by atoms with van der Waals surface area (Å²) in [6.07, 6.45) is 4.02. The van der Waals surface area contributed by atoms with Crippen molar-refractivity contribution < 1.29 is 9.66 Å². The van der Waals surface area contributed by atoms with Gasteiger partial charge in [-0.05, 0) is 35.6 Å². The van der Waals surface area contributed by atoms with Gasteiger partial charge in [0.1, 0.15) is 18.1 Å². The third kappa shape index (κ3) is 4.27. The Kier molecular flexibility index (Phi) is 5.49. The van der Waals surface area contributed by atoms with Crippen molar-refractivity contribution in [3.63, 3.8) is 0 Å². The van der Waals surface area contributed by atoms with E-state index in [-0.39, 0.29) is 5.95 Å². The molecule has 0 atom stereocenters. The van der Waals surface area contributed by atoms with E-state index in [9.17, 15) is 10.1 Å². The van der Waals surface area contributed by atoms with Gasteiger partial charge in [-0.1, -0.05) is 4.98 Å². The number of nitrogens with zero attached hydrogens (tertiary/aromatic N) is 5. The number of piperazine rings is 1. The monoisotopic (exact) mass is 345 g/mol. The molecule has 1 aliphatic rings. The van der Waals surface area contributed by atoms with Crippen molar-refractivity contribution >= 4 is 11.6 Å². The number of aromatic nitrogens is 2. The third-order valence-electron chi connectivity index (χ3n) is 4.54. The van der Waals surface area contributed by atoms with Crippen molar-refractivity contribution in [1.29, 1.82) is 0 Å². The lowest BCUT2D eigenvalue weighted by atomic mass is 10.2. The van der Waals surface area contributed by atoms with Crippen LogP contribution in [0.2, 0.25) is 0 Å². The molecule has 0 bridgehead atoms. The first kappa shape index (κ1) is 17.2. The van der Waals surface area contributed by atoms with E-state index in [4.69, 9.17) is 4.74 Å². The summed E-state index contributed by atoms with van der Waals surface area (Å²) in [5.74, 6) is 0.792. The number of hydrogen-bond acceptors (Lipinski definition) is 6. The molecule has 1 aliphatic heterocycles. The Morgan fingerprint density at radius 3 is 2.52 bits per heavy atom. The van der Waals surface area contributed by atoms with Gasteiger partial charge in [0.2, 0.25) is 0 Å². The second-order valence-electron chi connectivity index (χ2n) is 6.06. The minimum absolute atomic E-state index is 0.0793. The zero-order valence-electron chi connectivity index (χ0n) is 14.4. The van der Waals surface area contributed by atoms with Gasteiger partial charge in [-0.2, -0.15) is 0 Å². The maximum Gasteiger partial charge on any atom is 0.434 e. The Morgan fingerprint density at radius 2 is 1.88 bits per heavy atom. The average Bonchev–Trinajstić information content (AvgIpc) is 3.11. The van der Waals surface area contributed by atoms with Gasteiger partial charge >= 0.3 is 5.95 Å². The van der Waals surface area contributed by atoms with Crippen molar-refractivity contribution in [3.8, 4) is 5.75 Å². The molecular weight excluding hydrogens is 322 g/mol. The highest BCUT2D eigenvalue weighted by molar-refractivity contribution is 5.49. The first-order valence-corrected chi connectivity index (χ1v) is 8.44. The summed E-state index contributed by atoms with van der Waals surface area (Å²) >= 11 is 0. The molecule has 0 amide bonds. The highest BCUT2D eigenvalue weighted by atomic mass is 16.6. The van der Waals surface area contributed by atoms with E-state index < -0.39 is 4.92 Å². The van der Waals surface area contributed by atoms with E-state index in [0.29, 0.717) is 6.54 Å². The van der Waals surface area contributed by atoms with Crippen LogP contribution >= 0.6 is 0 Å². The smallest absolute Gasteiger partial charge is 0.434 e. The van der Waals surface area contributed by atoms with Gasteiger partial charge in [-0.25, -0.2) is 4.57 Å². The lowest BCUT2D eigenvalue weighted by molar-refractivity contribution is -0.396. The molecule has 134 valence electrons. The minimum Gasteiger partial charge on any atom is -0.497 e. The van der Waals surface area contributed by atoms with Crippen LogP contribution in [0.15, 0.2) is 36.7 Å². The van der Waals surface area contributed by atoms with E-state index in [1.54, 1.807) is 17.9 Å². The van der Waals surface area contributed by atoms with Gasteiger partial charge < -0.3 is 19.8 Å². The van der Waals surface area contributed by atoms with Crippen LogP contribution < -0.4 is 9.64 Å². The third-order valence-corrected chi connectivity index (χ3v) is 4.54.